The van der Waals surface area contributed by atoms with Crippen molar-refractivity contribution < 1.29 is 9.90 Å². The zero-order valence-corrected chi connectivity index (χ0v) is 14.5. The van der Waals surface area contributed by atoms with Gasteiger partial charge in [-0.05, 0) is 43.9 Å². The minimum absolute atomic E-state index is 0.492. The molecule has 0 aliphatic rings. The van der Waals surface area contributed by atoms with Crippen LogP contribution in [-0.4, -0.2) is 11.1 Å². The Bertz CT molecular complexity index is 275. The molecule has 2 heteroatoms. The first-order valence-corrected chi connectivity index (χ1v) is 8.48. The van der Waals surface area contributed by atoms with Crippen LogP contribution in [0.2, 0.25) is 0 Å². The Labute approximate surface area is 126 Å². The van der Waals surface area contributed by atoms with E-state index in [2.05, 4.69) is 34.6 Å². The summed E-state index contributed by atoms with van der Waals surface area (Å²) in [4.78, 5) is 11.7. The molecule has 20 heavy (non-hydrogen) atoms. The summed E-state index contributed by atoms with van der Waals surface area (Å²) in [5.74, 6) is 1.09. The second-order valence-corrected chi connectivity index (χ2v) is 7.40. The van der Waals surface area contributed by atoms with Gasteiger partial charge >= 0.3 is 5.97 Å². The third-order valence-corrected chi connectivity index (χ3v) is 4.48. The molecule has 0 rings (SSSR count). The Balaban J connectivity index is 4.55. The summed E-state index contributed by atoms with van der Waals surface area (Å²) < 4.78 is 0. The second-order valence-electron chi connectivity index (χ2n) is 7.40. The van der Waals surface area contributed by atoms with Crippen LogP contribution in [0.5, 0.6) is 0 Å². The summed E-state index contributed by atoms with van der Waals surface area (Å²) in [5, 5.41) is 9.64. The molecule has 4 atom stereocenters. The van der Waals surface area contributed by atoms with E-state index in [9.17, 15) is 9.90 Å². The van der Waals surface area contributed by atoms with Gasteiger partial charge in [0.1, 0.15) is 0 Å². The number of carbonyl (C=O) groups is 1. The molecule has 0 aliphatic heterocycles. The predicted octanol–water partition coefficient (Wildman–Crippen LogP) is 5.76. The molecule has 0 amide bonds. The zero-order chi connectivity index (χ0) is 15.8. The van der Waals surface area contributed by atoms with Gasteiger partial charge in [0.15, 0.2) is 0 Å². The van der Waals surface area contributed by atoms with E-state index in [-0.39, 0.29) is 0 Å². The van der Waals surface area contributed by atoms with Crippen molar-refractivity contribution in [3.63, 3.8) is 0 Å². The van der Waals surface area contributed by atoms with Gasteiger partial charge < -0.3 is 5.11 Å². The standard InChI is InChI=1S/C18H36O2/c1-7-9-14(3)11-16(5)13-18(6,17(19)20)12-15(4)10-8-2/h14-16H,7-13H2,1-6H3,(H,19,20). The van der Waals surface area contributed by atoms with E-state index in [1.165, 1.54) is 12.8 Å². The Kier molecular flexibility index (Phi) is 9.16. The molecule has 0 heterocycles. The first-order chi connectivity index (χ1) is 9.25. The maximum absolute atomic E-state index is 11.7. The van der Waals surface area contributed by atoms with Crippen LogP contribution in [0.1, 0.15) is 86.5 Å². The molecule has 0 radical (unpaired) electrons. The lowest BCUT2D eigenvalue weighted by molar-refractivity contribution is -0.150. The Morgan fingerprint density at radius 3 is 1.85 bits per heavy atom. The number of aliphatic carboxylic acids is 1. The molecule has 0 aromatic rings. The Morgan fingerprint density at radius 2 is 1.40 bits per heavy atom. The molecular formula is C18H36O2. The highest BCUT2D eigenvalue weighted by molar-refractivity contribution is 5.74. The number of rotatable bonds is 11. The smallest absolute Gasteiger partial charge is 0.309 e. The fraction of sp³-hybridized carbons (Fsp3) is 0.944. The normalized spacial score (nSPS) is 19.1. The number of hydrogen-bond acceptors (Lipinski definition) is 1. The summed E-state index contributed by atoms with van der Waals surface area (Å²) in [6.07, 6.45) is 7.51. The first-order valence-electron chi connectivity index (χ1n) is 8.48. The highest BCUT2D eigenvalue weighted by Crippen LogP contribution is 2.37. The number of carboxylic acid groups (broad SMARTS) is 1. The molecule has 0 aromatic heterocycles. The van der Waals surface area contributed by atoms with Crippen LogP contribution in [-0.2, 0) is 4.79 Å². The van der Waals surface area contributed by atoms with Gasteiger partial charge in [0.2, 0.25) is 0 Å². The van der Waals surface area contributed by atoms with E-state index < -0.39 is 11.4 Å². The van der Waals surface area contributed by atoms with Gasteiger partial charge in [0.25, 0.3) is 0 Å². The van der Waals surface area contributed by atoms with Gasteiger partial charge in [0.05, 0.1) is 5.41 Å². The van der Waals surface area contributed by atoms with Crippen molar-refractivity contribution in [2.75, 3.05) is 0 Å². The average Bonchev–Trinajstić information content (AvgIpc) is 2.28. The van der Waals surface area contributed by atoms with Crippen LogP contribution in [0.4, 0.5) is 0 Å². The van der Waals surface area contributed by atoms with Gasteiger partial charge in [-0.1, -0.05) is 60.3 Å². The van der Waals surface area contributed by atoms with Gasteiger partial charge in [0, 0.05) is 0 Å². The van der Waals surface area contributed by atoms with E-state index >= 15 is 0 Å². The Hall–Kier alpha value is -0.530. The molecule has 2 nitrogen and oxygen atoms in total. The molecule has 0 bridgehead atoms. The fourth-order valence-electron chi connectivity index (χ4n) is 3.77. The lowest BCUT2D eigenvalue weighted by atomic mass is 9.73. The lowest BCUT2D eigenvalue weighted by Crippen LogP contribution is -2.32. The fourth-order valence-corrected chi connectivity index (χ4v) is 3.77. The molecule has 1 N–H and O–H groups in total. The number of hydrogen-bond donors (Lipinski definition) is 1. The van der Waals surface area contributed by atoms with Crippen LogP contribution in [0.25, 0.3) is 0 Å². The molecule has 0 saturated carbocycles. The largest absolute Gasteiger partial charge is 0.481 e. The van der Waals surface area contributed by atoms with Crippen LogP contribution in [0, 0.1) is 23.2 Å². The molecule has 120 valence electrons. The van der Waals surface area contributed by atoms with Gasteiger partial charge in [-0.2, -0.15) is 0 Å². The summed E-state index contributed by atoms with van der Waals surface area (Å²) in [7, 11) is 0. The maximum atomic E-state index is 11.7. The van der Waals surface area contributed by atoms with E-state index in [1.807, 2.05) is 6.92 Å². The van der Waals surface area contributed by atoms with Crippen molar-refractivity contribution in [1.29, 1.82) is 0 Å². The molecule has 0 aliphatic carbocycles. The Morgan fingerprint density at radius 1 is 0.950 bits per heavy atom. The molecule has 0 fully saturated rings. The van der Waals surface area contributed by atoms with E-state index in [4.69, 9.17) is 0 Å². The van der Waals surface area contributed by atoms with Crippen molar-refractivity contribution in [2.24, 2.45) is 23.2 Å². The van der Waals surface area contributed by atoms with Crippen LogP contribution in [0.15, 0.2) is 0 Å². The van der Waals surface area contributed by atoms with Crippen molar-refractivity contribution in [1.82, 2.24) is 0 Å². The van der Waals surface area contributed by atoms with Crippen molar-refractivity contribution in [3.8, 4) is 0 Å². The van der Waals surface area contributed by atoms with E-state index in [0.717, 1.165) is 32.1 Å². The minimum atomic E-state index is -0.615. The molecule has 4 unspecified atom stereocenters. The van der Waals surface area contributed by atoms with Crippen LogP contribution < -0.4 is 0 Å². The highest BCUT2D eigenvalue weighted by Gasteiger charge is 2.36. The summed E-state index contributed by atoms with van der Waals surface area (Å²) in [6.45, 7) is 13.0. The summed E-state index contributed by atoms with van der Waals surface area (Å²) in [6, 6.07) is 0. The van der Waals surface area contributed by atoms with Crippen molar-refractivity contribution in [2.45, 2.75) is 86.5 Å². The minimum Gasteiger partial charge on any atom is -0.481 e. The summed E-state index contributed by atoms with van der Waals surface area (Å²) in [5.41, 5.74) is -0.556. The molecule has 0 saturated heterocycles. The van der Waals surface area contributed by atoms with Crippen LogP contribution in [0.3, 0.4) is 0 Å². The molecular weight excluding hydrogens is 248 g/mol. The lowest BCUT2D eigenvalue weighted by Gasteiger charge is -2.31. The average molecular weight is 284 g/mol. The van der Waals surface area contributed by atoms with E-state index in [1.54, 1.807) is 0 Å². The number of carboxylic acids is 1. The topological polar surface area (TPSA) is 37.3 Å². The predicted molar refractivity (Wildman–Crippen MR) is 86.9 cm³/mol. The third kappa shape index (κ3) is 7.31. The quantitative estimate of drug-likeness (QED) is 0.524. The van der Waals surface area contributed by atoms with Gasteiger partial charge in [-0.15, -0.1) is 0 Å². The van der Waals surface area contributed by atoms with Gasteiger partial charge in [-0.25, -0.2) is 0 Å². The SMILES string of the molecule is CCCC(C)CC(C)CC(C)(CC(C)CCC)C(=O)O. The van der Waals surface area contributed by atoms with Crippen molar-refractivity contribution >= 4 is 5.97 Å². The highest BCUT2D eigenvalue weighted by atomic mass is 16.4. The summed E-state index contributed by atoms with van der Waals surface area (Å²) >= 11 is 0. The van der Waals surface area contributed by atoms with Crippen molar-refractivity contribution in [3.05, 3.63) is 0 Å². The molecule has 0 aromatic carbocycles. The van der Waals surface area contributed by atoms with Gasteiger partial charge in [-0.3, -0.25) is 4.79 Å². The van der Waals surface area contributed by atoms with E-state index in [0.29, 0.717) is 17.8 Å². The first kappa shape index (κ1) is 19.5. The zero-order valence-electron chi connectivity index (χ0n) is 14.5. The van der Waals surface area contributed by atoms with Crippen LogP contribution >= 0.6 is 0 Å². The maximum Gasteiger partial charge on any atom is 0.309 e. The molecule has 0 spiro atoms. The third-order valence-electron chi connectivity index (χ3n) is 4.48. The second kappa shape index (κ2) is 9.41. The monoisotopic (exact) mass is 284 g/mol.